The lowest BCUT2D eigenvalue weighted by molar-refractivity contribution is -0.0337. The minimum atomic E-state index is -0.194. The van der Waals surface area contributed by atoms with Crippen molar-refractivity contribution in [3.8, 4) is 11.5 Å². The Bertz CT molecular complexity index is 949. The molecule has 0 radical (unpaired) electrons. The Morgan fingerprint density at radius 3 is 2.81 bits per heavy atom. The second-order valence-electron chi connectivity index (χ2n) is 9.06. The number of likely N-dealkylation sites (tertiary alicyclic amines) is 1. The lowest BCUT2D eigenvalue weighted by Gasteiger charge is -2.48. The minimum Gasteiger partial charge on any atom is -0.487 e. The zero-order valence-corrected chi connectivity index (χ0v) is 18.2. The zero-order chi connectivity index (χ0) is 21.3. The molecule has 1 N–H and O–H groups in total. The number of aromatic nitrogens is 1. The first kappa shape index (κ1) is 20.3. The molecule has 0 atom stereocenters. The number of fused-ring (bicyclic) bond motifs is 1. The number of ether oxygens (including phenoxy) is 2. The van der Waals surface area contributed by atoms with Crippen LogP contribution in [0.15, 0.2) is 36.4 Å². The first-order valence-electron chi connectivity index (χ1n) is 11.5. The number of aryl methyl sites for hydroxylation is 1. The molecule has 1 aliphatic carbocycles. The molecule has 1 aromatic carbocycles. The molecule has 3 aliphatic rings. The first-order valence-corrected chi connectivity index (χ1v) is 11.5. The molecule has 6 nitrogen and oxygen atoms in total. The summed E-state index contributed by atoms with van der Waals surface area (Å²) in [5.41, 5.74) is 2.36. The molecule has 1 aromatic heterocycles. The SMILES string of the molecule is CNC(=O)c1cccc(COc2ccc3c(c2)CCC2(CCN(C4CCC4)CC2)O3)n1. The van der Waals surface area contributed by atoms with Crippen molar-refractivity contribution in [2.75, 3.05) is 20.1 Å². The Morgan fingerprint density at radius 1 is 1.23 bits per heavy atom. The van der Waals surface area contributed by atoms with Crippen LogP contribution in [0.3, 0.4) is 0 Å². The summed E-state index contributed by atoms with van der Waals surface area (Å²) in [5, 5.41) is 2.60. The van der Waals surface area contributed by atoms with Gasteiger partial charge in [0.2, 0.25) is 0 Å². The number of amides is 1. The smallest absolute Gasteiger partial charge is 0.269 e. The molecule has 0 unspecified atom stereocenters. The number of hydrogen-bond acceptors (Lipinski definition) is 5. The van der Waals surface area contributed by atoms with E-state index in [0.717, 1.165) is 48.9 Å². The van der Waals surface area contributed by atoms with Crippen molar-refractivity contribution in [2.24, 2.45) is 0 Å². The van der Waals surface area contributed by atoms with Crippen LogP contribution in [0, 0.1) is 0 Å². The maximum Gasteiger partial charge on any atom is 0.269 e. The molecule has 31 heavy (non-hydrogen) atoms. The molecular weight excluding hydrogens is 390 g/mol. The van der Waals surface area contributed by atoms with E-state index in [1.54, 1.807) is 13.1 Å². The van der Waals surface area contributed by atoms with Crippen LogP contribution >= 0.6 is 0 Å². The van der Waals surface area contributed by atoms with Crippen LogP contribution in [0.1, 0.15) is 60.3 Å². The van der Waals surface area contributed by atoms with Crippen LogP contribution in [0.4, 0.5) is 0 Å². The van der Waals surface area contributed by atoms with Crippen LogP contribution in [-0.4, -0.2) is 47.6 Å². The van der Waals surface area contributed by atoms with E-state index in [4.69, 9.17) is 9.47 Å². The van der Waals surface area contributed by atoms with Gasteiger partial charge in [-0.3, -0.25) is 4.79 Å². The third kappa shape index (κ3) is 4.26. The fourth-order valence-electron chi connectivity index (χ4n) is 4.96. The second kappa shape index (κ2) is 8.50. The standard InChI is InChI=1S/C25H31N3O3/c1-26-24(29)22-7-2-4-19(27-22)17-30-21-8-9-23-18(16-21)10-11-25(31-23)12-14-28(15-13-25)20-5-3-6-20/h2,4,7-9,16,20H,3,5-6,10-15,17H2,1H3,(H,26,29). The van der Waals surface area contributed by atoms with Gasteiger partial charge >= 0.3 is 0 Å². The van der Waals surface area contributed by atoms with Gasteiger partial charge in [-0.15, -0.1) is 0 Å². The van der Waals surface area contributed by atoms with Gasteiger partial charge in [-0.25, -0.2) is 4.98 Å². The number of piperidine rings is 1. The second-order valence-corrected chi connectivity index (χ2v) is 9.06. The number of carbonyl (C=O) groups is 1. The normalized spacial score (nSPS) is 20.4. The molecule has 5 rings (SSSR count). The number of nitrogens with one attached hydrogen (secondary N) is 1. The van der Waals surface area contributed by atoms with Crippen molar-refractivity contribution in [1.82, 2.24) is 15.2 Å². The minimum absolute atomic E-state index is 0.0137. The third-order valence-corrected chi connectivity index (χ3v) is 7.16. The molecule has 2 fully saturated rings. The molecule has 1 saturated carbocycles. The van der Waals surface area contributed by atoms with Crippen molar-refractivity contribution < 1.29 is 14.3 Å². The number of nitrogens with zero attached hydrogens (tertiary/aromatic N) is 2. The van der Waals surface area contributed by atoms with Crippen LogP contribution in [0.5, 0.6) is 11.5 Å². The van der Waals surface area contributed by atoms with Gasteiger partial charge in [0.1, 0.15) is 29.4 Å². The van der Waals surface area contributed by atoms with E-state index in [2.05, 4.69) is 27.3 Å². The van der Waals surface area contributed by atoms with E-state index in [1.807, 2.05) is 18.2 Å². The number of carbonyl (C=O) groups excluding carboxylic acids is 1. The third-order valence-electron chi connectivity index (χ3n) is 7.16. The zero-order valence-electron chi connectivity index (χ0n) is 18.2. The molecule has 164 valence electrons. The Labute approximate surface area is 183 Å². The van der Waals surface area contributed by atoms with E-state index in [1.165, 1.54) is 37.9 Å². The van der Waals surface area contributed by atoms with Gasteiger partial charge in [-0.1, -0.05) is 12.5 Å². The van der Waals surface area contributed by atoms with E-state index in [0.29, 0.717) is 12.3 Å². The average Bonchev–Trinajstić information content (AvgIpc) is 2.78. The Hall–Kier alpha value is -2.60. The van der Waals surface area contributed by atoms with E-state index in [-0.39, 0.29) is 11.5 Å². The maximum atomic E-state index is 11.8. The van der Waals surface area contributed by atoms with Crippen LogP contribution in [-0.2, 0) is 13.0 Å². The summed E-state index contributed by atoms with van der Waals surface area (Å²) in [6.07, 6.45) is 8.54. The summed E-state index contributed by atoms with van der Waals surface area (Å²) >= 11 is 0. The lowest BCUT2D eigenvalue weighted by atomic mass is 9.81. The summed E-state index contributed by atoms with van der Waals surface area (Å²) in [7, 11) is 1.60. The topological polar surface area (TPSA) is 63.7 Å². The molecule has 3 heterocycles. The summed E-state index contributed by atoms with van der Waals surface area (Å²) in [5.74, 6) is 1.63. The predicted octanol–water partition coefficient (Wildman–Crippen LogP) is 3.73. The first-order chi connectivity index (χ1) is 15.1. The summed E-state index contributed by atoms with van der Waals surface area (Å²) in [6, 6.07) is 12.3. The molecule has 0 bridgehead atoms. The van der Waals surface area contributed by atoms with Crippen LogP contribution in [0.25, 0.3) is 0 Å². The van der Waals surface area contributed by atoms with Gasteiger partial charge < -0.3 is 19.7 Å². The maximum absolute atomic E-state index is 11.8. The number of rotatable bonds is 5. The number of benzene rings is 1. The van der Waals surface area contributed by atoms with Gasteiger partial charge in [0, 0.05) is 26.2 Å². The highest BCUT2D eigenvalue weighted by molar-refractivity contribution is 5.91. The van der Waals surface area contributed by atoms with Crippen molar-refractivity contribution in [3.63, 3.8) is 0 Å². The number of pyridine rings is 1. The Kier molecular flexibility index (Phi) is 5.57. The molecule has 1 spiro atoms. The molecule has 2 aliphatic heterocycles. The van der Waals surface area contributed by atoms with Crippen molar-refractivity contribution >= 4 is 5.91 Å². The van der Waals surface area contributed by atoms with E-state index in [9.17, 15) is 4.79 Å². The predicted molar refractivity (Wildman–Crippen MR) is 119 cm³/mol. The molecule has 2 aromatic rings. The fraction of sp³-hybridized carbons (Fsp3) is 0.520. The molecule has 1 saturated heterocycles. The van der Waals surface area contributed by atoms with Crippen molar-refractivity contribution in [1.29, 1.82) is 0 Å². The Balaban J connectivity index is 1.20. The van der Waals surface area contributed by atoms with Crippen molar-refractivity contribution in [3.05, 3.63) is 53.3 Å². The monoisotopic (exact) mass is 421 g/mol. The van der Waals surface area contributed by atoms with Gasteiger partial charge in [0.05, 0.1) is 5.69 Å². The van der Waals surface area contributed by atoms with Gasteiger partial charge in [0.25, 0.3) is 5.91 Å². The fourth-order valence-corrected chi connectivity index (χ4v) is 4.96. The van der Waals surface area contributed by atoms with Gasteiger partial charge in [-0.2, -0.15) is 0 Å². The summed E-state index contributed by atoms with van der Waals surface area (Å²) in [6.45, 7) is 2.66. The highest BCUT2D eigenvalue weighted by Gasteiger charge is 2.41. The molecular formula is C25H31N3O3. The summed E-state index contributed by atoms with van der Waals surface area (Å²) < 4.78 is 12.5. The largest absolute Gasteiger partial charge is 0.487 e. The van der Waals surface area contributed by atoms with Crippen LogP contribution < -0.4 is 14.8 Å². The summed E-state index contributed by atoms with van der Waals surface area (Å²) in [4.78, 5) is 18.8. The lowest BCUT2D eigenvalue weighted by Crippen LogP contribution is -2.53. The van der Waals surface area contributed by atoms with Gasteiger partial charge in [-0.05, 0) is 74.4 Å². The van der Waals surface area contributed by atoms with E-state index < -0.39 is 0 Å². The quantitative estimate of drug-likeness (QED) is 0.797. The Morgan fingerprint density at radius 2 is 2.06 bits per heavy atom. The average molecular weight is 422 g/mol. The molecule has 1 amide bonds. The van der Waals surface area contributed by atoms with Crippen molar-refractivity contribution in [2.45, 2.75) is 63.2 Å². The van der Waals surface area contributed by atoms with Gasteiger partial charge in [0.15, 0.2) is 0 Å². The highest BCUT2D eigenvalue weighted by Crippen LogP contribution is 2.41. The number of hydrogen-bond donors (Lipinski definition) is 1. The highest BCUT2D eigenvalue weighted by atomic mass is 16.5. The van der Waals surface area contributed by atoms with E-state index >= 15 is 0 Å². The van der Waals surface area contributed by atoms with Crippen LogP contribution in [0.2, 0.25) is 0 Å². The molecule has 6 heteroatoms.